The zero-order chi connectivity index (χ0) is 59.2. The highest BCUT2D eigenvalue weighted by Gasteiger charge is 2.46. The number of aromatic nitrogens is 14. The number of aliphatic hydroxyl groups is 5. The standard InChI is InChI=1S/C27H25BrN8O5S.C17H14BrN3O2S.C10H13N5O4/c28-26-33-34-27(36(26)17-8-7-14(13-5-6-13)15-3-1-2-4-16(15)17)42-10-19(37)40-9-18-21(38)22(39)25(41-18)35-12-32-20-23(29)30-11-31-24(20)35;18-16-19-20-17(24-9-15(22)23)21(16)14-8-7-11(10-5-6-10)12-3-1-2-4-13(12)14;11-8-5-9(13-2-12-8)15(3-14-5)10-7(18)6(17)4(1-16)19-10/h1-4,7-8,11-13,18,21-22,25,38-39H,5-6,9-10H2,(H2,29,30,31);1-4,7-8,10H,5-6,9H2,(H,22,23);2-4,6-7,10,16-18H,1H2,(H2,11,12,13)/t18-,21?,22+,25-;;4-,6?,7+,10-/m1.1/s1. The summed E-state index contributed by atoms with van der Waals surface area (Å²) < 4.78 is 24.4. The number of ether oxygens (including phenoxy) is 3. The van der Waals surface area contributed by atoms with E-state index in [0.29, 0.717) is 53.9 Å². The zero-order valence-corrected chi connectivity index (χ0v) is 49.2. The molecule has 0 spiro atoms. The lowest BCUT2D eigenvalue weighted by Crippen LogP contribution is -2.34. The van der Waals surface area contributed by atoms with Crippen molar-refractivity contribution in [3.8, 4) is 11.4 Å². The highest BCUT2D eigenvalue weighted by molar-refractivity contribution is 9.10. The molecule has 10 N–H and O–H groups in total. The van der Waals surface area contributed by atoms with Gasteiger partial charge in [-0.15, -0.1) is 20.4 Å². The molecule has 2 unspecified atom stereocenters. The van der Waals surface area contributed by atoms with Crippen molar-refractivity contribution in [3.05, 3.63) is 119 Å². The molecule has 2 aliphatic carbocycles. The number of imidazole rings is 2. The number of thioether (sulfide) groups is 2. The molecule has 8 atom stereocenters. The van der Waals surface area contributed by atoms with E-state index in [4.69, 9.17) is 35.9 Å². The predicted octanol–water partition coefficient (Wildman–Crippen LogP) is 4.99. The molecule has 31 heteroatoms. The number of hydrogen-bond donors (Lipinski definition) is 8. The summed E-state index contributed by atoms with van der Waals surface area (Å²) in [6, 6.07) is 25.0. The number of carboxylic acid groups (broad SMARTS) is 1. The number of esters is 1. The largest absolute Gasteiger partial charge is 0.481 e. The number of nitrogen functional groups attached to an aromatic ring is 2. The van der Waals surface area contributed by atoms with Crippen LogP contribution < -0.4 is 11.5 Å². The second-order valence-corrected chi connectivity index (χ2v) is 23.6. The van der Waals surface area contributed by atoms with Gasteiger partial charge in [-0.2, -0.15) is 0 Å². The Balaban J connectivity index is 0.000000139. The van der Waals surface area contributed by atoms with Crippen LogP contribution in [0.1, 0.15) is 61.1 Å². The molecule has 14 rings (SSSR count). The van der Waals surface area contributed by atoms with Gasteiger partial charge in [-0.3, -0.25) is 27.9 Å². The van der Waals surface area contributed by atoms with Crippen molar-refractivity contribution in [2.24, 2.45) is 0 Å². The van der Waals surface area contributed by atoms with Crippen LogP contribution in [0.5, 0.6) is 0 Å². The van der Waals surface area contributed by atoms with Gasteiger partial charge in [-0.25, -0.2) is 29.9 Å². The number of carboxylic acids is 1. The molecule has 4 fully saturated rings. The van der Waals surface area contributed by atoms with E-state index in [1.165, 1.54) is 93.8 Å². The minimum Gasteiger partial charge on any atom is -0.481 e. The minimum absolute atomic E-state index is 0.0524. The minimum atomic E-state index is -1.31. The van der Waals surface area contributed by atoms with Crippen molar-refractivity contribution in [2.75, 3.05) is 36.2 Å². The molecule has 0 amide bonds. The van der Waals surface area contributed by atoms with Gasteiger partial charge in [0.15, 0.2) is 45.7 Å². The first kappa shape index (κ1) is 58.1. The third-order valence-corrected chi connectivity index (χ3v) is 17.6. The third kappa shape index (κ3) is 11.6. The molecule has 27 nitrogen and oxygen atoms in total. The summed E-state index contributed by atoms with van der Waals surface area (Å²) in [4.78, 5) is 47.7. The van der Waals surface area contributed by atoms with Gasteiger partial charge in [0.05, 0.1) is 42.1 Å². The van der Waals surface area contributed by atoms with Crippen LogP contribution in [0, 0.1) is 0 Å². The van der Waals surface area contributed by atoms with Gasteiger partial charge in [0.1, 0.15) is 66.9 Å². The van der Waals surface area contributed by atoms with E-state index in [0.717, 1.165) is 33.9 Å². The van der Waals surface area contributed by atoms with Crippen molar-refractivity contribution in [1.29, 1.82) is 0 Å². The zero-order valence-electron chi connectivity index (χ0n) is 44.4. The molecule has 4 aromatic carbocycles. The first-order valence-electron chi connectivity index (χ1n) is 26.6. The molecular formula is C54H52Br2N16O11S2. The Labute approximate surface area is 506 Å². The van der Waals surface area contributed by atoms with Crippen LogP contribution in [0.4, 0.5) is 11.6 Å². The summed E-state index contributed by atoms with van der Waals surface area (Å²) >= 11 is 9.28. The van der Waals surface area contributed by atoms with Crippen LogP contribution in [0.25, 0.3) is 55.2 Å². The van der Waals surface area contributed by atoms with Crippen LogP contribution in [0.2, 0.25) is 0 Å². The Hall–Kier alpha value is -7.30. The fourth-order valence-electron chi connectivity index (χ4n) is 10.4. The maximum Gasteiger partial charge on any atom is 0.316 e. The molecule has 85 heavy (non-hydrogen) atoms. The van der Waals surface area contributed by atoms with Crippen molar-refractivity contribution >= 4 is 123 Å². The lowest BCUT2D eigenvalue weighted by molar-refractivity contribution is -0.147. The van der Waals surface area contributed by atoms with Crippen molar-refractivity contribution in [3.63, 3.8) is 0 Å². The van der Waals surface area contributed by atoms with Gasteiger partial charge < -0.3 is 56.3 Å². The average molecular weight is 1330 g/mol. The van der Waals surface area contributed by atoms with E-state index < -0.39 is 67.6 Å². The number of halogens is 2. The summed E-state index contributed by atoms with van der Waals surface area (Å²) in [7, 11) is 0. The predicted molar refractivity (Wildman–Crippen MR) is 316 cm³/mol. The van der Waals surface area contributed by atoms with Crippen LogP contribution in [0.15, 0.2) is 118 Å². The molecule has 2 aliphatic heterocycles. The molecule has 4 aliphatic rings. The van der Waals surface area contributed by atoms with Gasteiger partial charge in [0, 0.05) is 10.8 Å². The molecule has 6 aromatic heterocycles. The SMILES string of the molecule is Nc1ncnc2c1ncn2[C@@H]1O[C@H](CO)C(O)[C@@H]1O.Nc1ncnc2c1ncn2[C@@H]1O[C@H](COC(=O)CSc2nnc(Br)n2-c2ccc(C3CC3)c3ccccc23)C(O)[C@@H]1O.O=C(O)CSc1nnc(Br)n1-c1ccc(C2CC2)c2ccccc12. The monoisotopic (exact) mass is 1320 g/mol. The van der Waals surface area contributed by atoms with E-state index in [1.807, 2.05) is 27.3 Å². The van der Waals surface area contributed by atoms with E-state index in [9.17, 15) is 30.0 Å². The third-order valence-electron chi connectivity index (χ3n) is 14.8. The number of benzene rings is 4. The summed E-state index contributed by atoms with van der Waals surface area (Å²) in [5.41, 5.74) is 17.6. The van der Waals surface area contributed by atoms with E-state index in [1.54, 1.807) is 0 Å². The molecule has 0 radical (unpaired) electrons. The summed E-state index contributed by atoms with van der Waals surface area (Å²) in [6.07, 6.45) is 1.57. The first-order chi connectivity index (χ1) is 41.2. The average Bonchev–Trinajstić information content (AvgIpc) is 3.15. The number of nitrogens with zero attached hydrogens (tertiary/aromatic N) is 14. The first-order valence-corrected chi connectivity index (χ1v) is 30.1. The second kappa shape index (κ2) is 24.6. The maximum atomic E-state index is 12.7. The highest BCUT2D eigenvalue weighted by Crippen LogP contribution is 2.46. The molecular weight excluding hydrogens is 1270 g/mol. The van der Waals surface area contributed by atoms with E-state index in [-0.39, 0.29) is 29.7 Å². The van der Waals surface area contributed by atoms with Crippen molar-refractivity contribution in [1.82, 2.24) is 68.6 Å². The quantitative estimate of drug-likeness (QED) is 0.0495. The number of nitrogens with two attached hydrogens (primary N) is 2. The number of aliphatic carboxylic acids is 1. The summed E-state index contributed by atoms with van der Waals surface area (Å²) in [5.74, 6) is 0.138. The van der Waals surface area contributed by atoms with Crippen LogP contribution in [-0.4, -0.2) is 172 Å². The van der Waals surface area contributed by atoms with Gasteiger partial charge in [0.2, 0.25) is 9.47 Å². The lowest BCUT2D eigenvalue weighted by Gasteiger charge is -2.16. The van der Waals surface area contributed by atoms with Gasteiger partial charge in [0.25, 0.3) is 0 Å². The fourth-order valence-corrected chi connectivity index (χ4v) is 12.9. The van der Waals surface area contributed by atoms with Crippen molar-refractivity contribution in [2.45, 2.75) is 96.9 Å². The highest BCUT2D eigenvalue weighted by atomic mass is 79.9. The molecule has 8 heterocycles. The summed E-state index contributed by atoms with van der Waals surface area (Å²) in [5, 5.41) is 81.3. The van der Waals surface area contributed by atoms with Crippen molar-refractivity contribution < 1.29 is 54.4 Å². The Bertz CT molecular complexity index is 4130. The number of aliphatic hydroxyl groups excluding tert-OH is 5. The second-order valence-electron chi connectivity index (χ2n) is 20.3. The van der Waals surface area contributed by atoms with Gasteiger partial charge in [-0.1, -0.05) is 84.2 Å². The number of carbonyl (C=O) groups excluding carboxylic acids is 1. The Morgan fingerprint density at radius 1 is 0.588 bits per heavy atom. The topological polar surface area (TPSA) is 384 Å². The normalized spacial score (nSPS) is 22.0. The Kier molecular flexibility index (Phi) is 16.8. The Morgan fingerprint density at radius 3 is 1.48 bits per heavy atom. The lowest BCUT2D eigenvalue weighted by atomic mass is 9.99. The number of anilines is 2. The number of fused-ring (bicyclic) bond motifs is 4. The summed E-state index contributed by atoms with van der Waals surface area (Å²) in [6.45, 7) is -0.653. The van der Waals surface area contributed by atoms with Crippen LogP contribution in [-0.2, 0) is 23.8 Å². The molecule has 2 saturated carbocycles. The molecule has 10 aromatic rings. The number of hydrogen-bond acceptors (Lipinski definition) is 24. The van der Waals surface area contributed by atoms with Crippen LogP contribution >= 0.6 is 55.4 Å². The van der Waals surface area contributed by atoms with E-state index >= 15 is 0 Å². The molecule has 440 valence electrons. The number of carbonyl (C=O) groups is 2. The number of rotatable bonds is 15. The fraction of sp³-hybridized carbons (Fsp3) is 0.333. The maximum absolute atomic E-state index is 12.7. The van der Waals surface area contributed by atoms with E-state index in [2.05, 4.69) is 137 Å². The van der Waals surface area contributed by atoms with Gasteiger partial charge >= 0.3 is 11.9 Å². The Morgan fingerprint density at radius 2 is 1.04 bits per heavy atom. The van der Waals surface area contributed by atoms with Crippen LogP contribution in [0.3, 0.4) is 0 Å². The smallest absolute Gasteiger partial charge is 0.316 e. The molecule has 0 bridgehead atoms. The van der Waals surface area contributed by atoms with Gasteiger partial charge in [-0.05, 0) is 103 Å². The molecule has 2 saturated heterocycles.